The monoisotopic (exact) mass is 402 g/mol. The zero-order valence-corrected chi connectivity index (χ0v) is 17.2. The molecule has 0 heterocycles. The molecule has 0 atom stereocenters. The molecule has 0 unspecified atom stereocenters. The van der Waals surface area contributed by atoms with Gasteiger partial charge < -0.3 is 19.6 Å². The van der Waals surface area contributed by atoms with Crippen molar-refractivity contribution in [2.75, 3.05) is 0 Å². The van der Waals surface area contributed by atoms with Gasteiger partial charge in [0.2, 0.25) is 0 Å². The molecule has 6 nitrogen and oxygen atoms in total. The van der Waals surface area contributed by atoms with E-state index in [0.29, 0.717) is 12.0 Å². The molecule has 0 radical (unpaired) electrons. The maximum atomic E-state index is 12.2. The number of hydrogen-bond donors (Lipinski definition) is 4. The average molecular weight is 402 g/mol. The van der Waals surface area contributed by atoms with Crippen molar-refractivity contribution in [2.45, 2.75) is 51.4 Å². The van der Waals surface area contributed by atoms with Gasteiger partial charge in [-0.15, -0.1) is 0 Å². The molecule has 1 aromatic rings. The molecule has 0 aliphatic carbocycles. The van der Waals surface area contributed by atoms with E-state index < -0.39 is 32.9 Å². The van der Waals surface area contributed by atoms with Crippen LogP contribution in [0.2, 0.25) is 0 Å². The minimum Gasteiger partial charge on any atom is -0.324 e. The second kappa shape index (κ2) is 9.27. The van der Waals surface area contributed by atoms with Crippen LogP contribution in [0.4, 0.5) is 0 Å². The Bertz CT molecular complexity index is 716. The van der Waals surface area contributed by atoms with Crippen LogP contribution < -0.4 is 0 Å². The van der Waals surface area contributed by atoms with Crippen LogP contribution in [0.15, 0.2) is 53.6 Å². The van der Waals surface area contributed by atoms with Crippen LogP contribution in [0, 0.1) is 0 Å². The van der Waals surface area contributed by atoms with Crippen molar-refractivity contribution in [1.82, 2.24) is 0 Å². The van der Waals surface area contributed by atoms with Crippen LogP contribution in [0.5, 0.6) is 0 Å². The Morgan fingerprint density at radius 1 is 0.962 bits per heavy atom. The van der Waals surface area contributed by atoms with E-state index in [2.05, 4.69) is 0 Å². The lowest BCUT2D eigenvalue weighted by molar-refractivity contribution is 0.305. The third-order valence-corrected chi connectivity index (χ3v) is 8.70. The summed E-state index contributed by atoms with van der Waals surface area (Å²) in [6, 6.07) is 8.27. The van der Waals surface area contributed by atoms with Crippen molar-refractivity contribution in [3.8, 4) is 0 Å². The highest BCUT2D eigenvalue weighted by atomic mass is 31.2. The van der Waals surface area contributed by atoms with Crippen molar-refractivity contribution in [1.29, 1.82) is 0 Å². The van der Waals surface area contributed by atoms with E-state index >= 15 is 0 Å². The average Bonchev–Trinajstić information content (AvgIpc) is 2.49. The SMILES string of the molecule is CC(C)=CCC/C(C)=C/CC(Cc1ccccc1)(P(=O)(O)O)P(=O)(O)O. The van der Waals surface area contributed by atoms with Gasteiger partial charge in [-0.3, -0.25) is 9.13 Å². The maximum absolute atomic E-state index is 12.2. The Balaban J connectivity index is 3.21. The normalized spacial score (nSPS) is 13.6. The molecule has 0 saturated carbocycles. The van der Waals surface area contributed by atoms with E-state index in [1.165, 1.54) is 5.57 Å². The Morgan fingerprint density at radius 2 is 1.50 bits per heavy atom. The van der Waals surface area contributed by atoms with Crippen molar-refractivity contribution in [2.24, 2.45) is 0 Å². The lowest BCUT2D eigenvalue weighted by Gasteiger charge is -2.34. The second-order valence-corrected chi connectivity index (χ2v) is 11.0. The number of hydrogen-bond acceptors (Lipinski definition) is 2. The van der Waals surface area contributed by atoms with Gasteiger partial charge in [-0.2, -0.15) is 0 Å². The van der Waals surface area contributed by atoms with Crippen LogP contribution in [0.3, 0.4) is 0 Å². The smallest absolute Gasteiger partial charge is 0.324 e. The van der Waals surface area contributed by atoms with Gasteiger partial charge in [-0.1, -0.05) is 53.6 Å². The van der Waals surface area contributed by atoms with Gasteiger partial charge in [0.25, 0.3) is 0 Å². The molecule has 0 spiro atoms. The topological polar surface area (TPSA) is 115 Å². The van der Waals surface area contributed by atoms with Crippen molar-refractivity contribution in [3.05, 3.63) is 59.2 Å². The molecule has 26 heavy (non-hydrogen) atoms. The number of rotatable bonds is 9. The summed E-state index contributed by atoms with van der Waals surface area (Å²) in [5.74, 6) is 0. The molecule has 1 rings (SSSR count). The van der Waals surface area contributed by atoms with Gasteiger partial charge in [0.05, 0.1) is 0 Å². The molecule has 0 bridgehead atoms. The molecular weight excluding hydrogens is 374 g/mol. The van der Waals surface area contributed by atoms with Gasteiger partial charge in [0.1, 0.15) is 0 Å². The lowest BCUT2D eigenvalue weighted by atomic mass is 10.0. The van der Waals surface area contributed by atoms with Gasteiger partial charge in [0.15, 0.2) is 4.90 Å². The van der Waals surface area contributed by atoms with Gasteiger partial charge in [0, 0.05) is 6.42 Å². The Kier molecular flexibility index (Phi) is 8.22. The van der Waals surface area contributed by atoms with Crippen LogP contribution >= 0.6 is 15.2 Å². The van der Waals surface area contributed by atoms with Crippen molar-refractivity contribution >= 4 is 15.2 Å². The van der Waals surface area contributed by atoms with Gasteiger partial charge >= 0.3 is 15.2 Å². The number of allylic oxidation sites excluding steroid dienone is 4. The summed E-state index contributed by atoms with van der Waals surface area (Å²) in [5.41, 5.74) is 2.47. The largest absolute Gasteiger partial charge is 0.344 e. The number of benzene rings is 1. The van der Waals surface area contributed by atoms with Crippen LogP contribution in [-0.4, -0.2) is 24.5 Å². The standard InChI is InChI=1S/C18H28O6P2/c1-15(2)8-7-9-16(3)12-13-18(25(19,20)21,26(22,23)24)14-17-10-5-4-6-11-17/h4-6,8,10-12H,7,9,13-14H2,1-3H3,(H2,19,20,21)(H2,22,23,24)/b16-12+. The van der Waals surface area contributed by atoms with Crippen molar-refractivity contribution in [3.63, 3.8) is 0 Å². The highest BCUT2D eigenvalue weighted by molar-refractivity contribution is 7.72. The molecule has 0 aliphatic rings. The third-order valence-electron chi connectivity index (χ3n) is 4.28. The summed E-state index contributed by atoms with van der Waals surface area (Å²) in [5, 5.41) is 0. The van der Waals surface area contributed by atoms with Gasteiger partial charge in [-0.05, 0) is 45.6 Å². The van der Waals surface area contributed by atoms with Crippen LogP contribution in [0.25, 0.3) is 0 Å². The minimum atomic E-state index is -5.11. The molecule has 0 saturated heterocycles. The zero-order chi connectivity index (χ0) is 20.0. The van der Waals surface area contributed by atoms with Gasteiger partial charge in [-0.25, -0.2) is 0 Å². The van der Waals surface area contributed by atoms with E-state index in [1.807, 2.05) is 19.9 Å². The first kappa shape index (κ1) is 23.0. The fourth-order valence-corrected chi connectivity index (χ4v) is 5.43. The molecule has 0 fully saturated rings. The van der Waals surface area contributed by atoms with E-state index in [4.69, 9.17) is 0 Å². The first-order valence-electron chi connectivity index (χ1n) is 8.33. The van der Waals surface area contributed by atoms with Crippen LogP contribution in [0.1, 0.15) is 45.6 Å². The Labute approximate surface area is 155 Å². The molecule has 0 aliphatic heterocycles. The van der Waals surface area contributed by atoms with E-state index in [1.54, 1.807) is 43.3 Å². The molecule has 8 heteroatoms. The molecular formula is C18H28O6P2. The Hall–Kier alpha value is -1.00. The van der Waals surface area contributed by atoms with Crippen molar-refractivity contribution < 1.29 is 28.7 Å². The Morgan fingerprint density at radius 3 is 1.96 bits per heavy atom. The van der Waals surface area contributed by atoms with E-state index in [-0.39, 0.29) is 0 Å². The summed E-state index contributed by atoms with van der Waals surface area (Å²) < 4.78 is 24.4. The molecule has 146 valence electrons. The lowest BCUT2D eigenvalue weighted by Crippen LogP contribution is -2.31. The predicted octanol–water partition coefficient (Wildman–Crippen LogP) is 4.36. The maximum Gasteiger partial charge on any atom is 0.344 e. The highest BCUT2D eigenvalue weighted by Gasteiger charge is 2.59. The second-order valence-electron chi connectivity index (χ2n) is 6.81. The van der Waals surface area contributed by atoms with E-state index in [0.717, 1.165) is 12.0 Å². The van der Waals surface area contributed by atoms with Crippen LogP contribution in [-0.2, 0) is 15.6 Å². The highest BCUT2D eigenvalue weighted by Crippen LogP contribution is 2.71. The zero-order valence-electron chi connectivity index (χ0n) is 15.4. The first-order chi connectivity index (χ1) is 11.9. The molecule has 1 aromatic carbocycles. The third kappa shape index (κ3) is 6.31. The summed E-state index contributed by atoms with van der Waals surface area (Å²) in [7, 11) is -10.2. The molecule has 4 N–H and O–H groups in total. The molecule has 0 aromatic heterocycles. The predicted molar refractivity (Wildman–Crippen MR) is 104 cm³/mol. The minimum absolute atomic E-state index is 0.392. The fourth-order valence-electron chi connectivity index (χ4n) is 2.64. The summed E-state index contributed by atoms with van der Waals surface area (Å²) in [4.78, 5) is 37.0. The first-order valence-corrected chi connectivity index (χ1v) is 11.6. The summed E-state index contributed by atoms with van der Waals surface area (Å²) in [6.45, 7) is 5.75. The fraction of sp³-hybridized carbons (Fsp3) is 0.444. The summed E-state index contributed by atoms with van der Waals surface area (Å²) >= 11 is 0. The molecule has 0 amide bonds. The van der Waals surface area contributed by atoms with E-state index in [9.17, 15) is 28.7 Å². The summed E-state index contributed by atoms with van der Waals surface area (Å²) in [6.07, 6.45) is 4.22. The quantitative estimate of drug-likeness (QED) is 0.360.